The predicted octanol–water partition coefficient (Wildman–Crippen LogP) is 2.10. The third-order valence-electron chi connectivity index (χ3n) is 3.00. The molecule has 6 heteroatoms. The van der Waals surface area contributed by atoms with E-state index in [2.05, 4.69) is 24.0 Å². The maximum atomic E-state index is 12.2. The maximum Gasteiger partial charge on any atom is 0.274 e. The van der Waals surface area contributed by atoms with E-state index in [-0.39, 0.29) is 11.9 Å². The summed E-state index contributed by atoms with van der Waals surface area (Å²) in [5, 5.41) is 8.29. The van der Waals surface area contributed by atoms with Crippen molar-refractivity contribution in [3.8, 4) is 0 Å². The first-order chi connectivity index (χ1) is 8.09. The van der Waals surface area contributed by atoms with Crippen LogP contribution in [0, 0.1) is 0 Å². The zero-order valence-electron chi connectivity index (χ0n) is 9.76. The Balaban J connectivity index is 2.16. The van der Waals surface area contributed by atoms with Crippen molar-refractivity contribution in [3.05, 3.63) is 23.0 Å². The van der Waals surface area contributed by atoms with Crippen molar-refractivity contribution in [3.63, 3.8) is 0 Å². The van der Waals surface area contributed by atoms with Gasteiger partial charge in [-0.3, -0.25) is 4.79 Å². The molecule has 17 heavy (non-hydrogen) atoms. The second-order valence-corrected chi connectivity index (χ2v) is 5.93. The van der Waals surface area contributed by atoms with Gasteiger partial charge in [0.1, 0.15) is 0 Å². The van der Waals surface area contributed by atoms with Gasteiger partial charge in [0.2, 0.25) is 0 Å². The summed E-state index contributed by atoms with van der Waals surface area (Å²) in [7, 11) is 0. The summed E-state index contributed by atoms with van der Waals surface area (Å²) >= 11 is 7.55. The Morgan fingerprint density at radius 3 is 2.88 bits per heavy atom. The van der Waals surface area contributed by atoms with Crippen molar-refractivity contribution in [2.75, 3.05) is 12.3 Å². The van der Waals surface area contributed by atoms with Crippen molar-refractivity contribution in [2.24, 2.45) is 0 Å². The van der Waals surface area contributed by atoms with E-state index in [9.17, 15) is 4.79 Å². The second kappa shape index (κ2) is 5.23. The van der Waals surface area contributed by atoms with Crippen LogP contribution in [0.25, 0.3) is 0 Å². The molecule has 0 spiro atoms. The molecule has 1 aliphatic rings. The van der Waals surface area contributed by atoms with E-state index in [1.807, 2.05) is 16.7 Å². The average molecular weight is 272 g/mol. The molecule has 0 saturated carbocycles. The molecule has 2 rings (SSSR count). The zero-order chi connectivity index (χ0) is 12.4. The maximum absolute atomic E-state index is 12.2. The molecule has 2 heterocycles. The summed E-state index contributed by atoms with van der Waals surface area (Å²) in [6.07, 6.45) is 0. The lowest BCUT2D eigenvalue weighted by atomic mass is 10.2. The van der Waals surface area contributed by atoms with Crippen molar-refractivity contribution in [1.29, 1.82) is 0 Å². The molecule has 0 N–H and O–H groups in total. The third kappa shape index (κ3) is 2.72. The van der Waals surface area contributed by atoms with E-state index in [1.54, 1.807) is 12.1 Å². The Labute approximate surface area is 110 Å². The van der Waals surface area contributed by atoms with E-state index in [1.165, 1.54) is 0 Å². The van der Waals surface area contributed by atoms with Crippen LogP contribution in [0.5, 0.6) is 0 Å². The molecule has 1 aromatic heterocycles. The van der Waals surface area contributed by atoms with Gasteiger partial charge in [0.15, 0.2) is 10.8 Å². The van der Waals surface area contributed by atoms with Gasteiger partial charge in [0.05, 0.1) is 0 Å². The SMILES string of the molecule is CC1SCCN(C(=O)c2ccc(Cl)nn2)C1C. The van der Waals surface area contributed by atoms with Crippen LogP contribution < -0.4 is 0 Å². The first-order valence-electron chi connectivity index (χ1n) is 5.51. The lowest BCUT2D eigenvalue weighted by Crippen LogP contribution is -2.48. The number of halogens is 1. The first kappa shape index (κ1) is 12.6. The Hall–Kier alpha value is -0.810. The van der Waals surface area contributed by atoms with Crippen molar-refractivity contribution in [1.82, 2.24) is 15.1 Å². The predicted molar refractivity (Wildman–Crippen MR) is 69.5 cm³/mol. The average Bonchev–Trinajstić information content (AvgIpc) is 2.33. The third-order valence-corrected chi connectivity index (χ3v) is 4.54. The Kier molecular flexibility index (Phi) is 3.89. The van der Waals surface area contributed by atoms with E-state index < -0.39 is 0 Å². The largest absolute Gasteiger partial charge is 0.333 e. The van der Waals surface area contributed by atoms with Crippen molar-refractivity contribution in [2.45, 2.75) is 25.1 Å². The van der Waals surface area contributed by atoms with Crippen LogP contribution in [0.4, 0.5) is 0 Å². The molecule has 1 amide bonds. The van der Waals surface area contributed by atoms with E-state index >= 15 is 0 Å². The highest BCUT2D eigenvalue weighted by molar-refractivity contribution is 8.00. The summed E-state index contributed by atoms with van der Waals surface area (Å²) in [5.74, 6) is 0.909. The molecule has 1 aromatic rings. The molecule has 2 atom stereocenters. The van der Waals surface area contributed by atoms with Crippen molar-refractivity contribution >= 4 is 29.3 Å². The van der Waals surface area contributed by atoms with Gasteiger partial charge in [0.25, 0.3) is 5.91 Å². The summed E-state index contributed by atoms with van der Waals surface area (Å²) in [5.41, 5.74) is 0.361. The van der Waals surface area contributed by atoms with Gasteiger partial charge >= 0.3 is 0 Å². The molecule has 0 aromatic carbocycles. The molecular formula is C11H14ClN3OS. The highest BCUT2D eigenvalue weighted by Crippen LogP contribution is 2.25. The molecule has 4 nitrogen and oxygen atoms in total. The van der Waals surface area contributed by atoms with Crippen LogP contribution in [0.3, 0.4) is 0 Å². The van der Waals surface area contributed by atoms with Crippen LogP contribution in [-0.4, -0.2) is 44.6 Å². The van der Waals surface area contributed by atoms with Gasteiger partial charge in [-0.1, -0.05) is 18.5 Å². The number of hydrogen-bond acceptors (Lipinski definition) is 4. The standard InChI is InChI=1S/C11H14ClN3OS/c1-7-8(2)17-6-5-15(7)11(16)9-3-4-10(12)14-13-9/h3-4,7-8H,5-6H2,1-2H3. The minimum atomic E-state index is -0.0613. The number of thioether (sulfide) groups is 1. The zero-order valence-corrected chi connectivity index (χ0v) is 11.3. The van der Waals surface area contributed by atoms with Gasteiger partial charge in [-0.05, 0) is 19.1 Å². The molecule has 1 aliphatic heterocycles. The normalized spacial score (nSPS) is 24.8. The fraction of sp³-hybridized carbons (Fsp3) is 0.545. The fourth-order valence-electron chi connectivity index (χ4n) is 1.80. The summed E-state index contributed by atoms with van der Waals surface area (Å²) in [4.78, 5) is 14.1. The van der Waals surface area contributed by atoms with Gasteiger partial charge in [0, 0.05) is 23.6 Å². The van der Waals surface area contributed by atoms with Crippen LogP contribution in [-0.2, 0) is 0 Å². The minimum Gasteiger partial charge on any atom is -0.333 e. The van der Waals surface area contributed by atoms with Crippen LogP contribution in [0.1, 0.15) is 24.3 Å². The molecule has 1 saturated heterocycles. The van der Waals surface area contributed by atoms with E-state index in [4.69, 9.17) is 11.6 Å². The molecule has 0 radical (unpaired) electrons. The molecule has 92 valence electrons. The van der Waals surface area contributed by atoms with Crippen LogP contribution in [0.15, 0.2) is 12.1 Å². The number of rotatable bonds is 1. The monoisotopic (exact) mass is 271 g/mol. The summed E-state index contributed by atoms with van der Waals surface area (Å²) in [6, 6.07) is 3.43. The Morgan fingerprint density at radius 1 is 1.47 bits per heavy atom. The number of hydrogen-bond donors (Lipinski definition) is 0. The Bertz CT molecular complexity index is 412. The molecular weight excluding hydrogens is 258 g/mol. The van der Waals surface area contributed by atoms with Gasteiger partial charge in [-0.2, -0.15) is 11.8 Å². The van der Waals surface area contributed by atoms with Gasteiger partial charge in [-0.25, -0.2) is 0 Å². The molecule has 0 bridgehead atoms. The highest BCUT2D eigenvalue weighted by Gasteiger charge is 2.30. The van der Waals surface area contributed by atoms with Gasteiger partial charge in [-0.15, -0.1) is 10.2 Å². The number of carbonyl (C=O) groups excluding carboxylic acids is 1. The number of amides is 1. The molecule has 1 fully saturated rings. The Morgan fingerprint density at radius 2 is 2.24 bits per heavy atom. The lowest BCUT2D eigenvalue weighted by molar-refractivity contribution is 0.0691. The van der Waals surface area contributed by atoms with E-state index in [0.29, 0.717) is 16.1 Å². The van der Waals surface area contributed by atoms with Crippen molar-refractivity contribution < 1.29 is 4.79 Å². The smallest absolute Gasteiger partial charge is 0.274 e. The topological polar surface area (TPSA) is 46.1 Å². The lowest BCUT2D eigenvalue weighted by Gasteiger charge is -2.37. The summed E-state index contributed by atoms with van der Waals surface area (Å²) in [6.45, 7) is 4.97. The van der Waals surface area contributed by atoms with Crippen LogP contribution >= 0.6 is 23.4 Å². The van der Waals surface area contributed by atoms with Gasteiger partial charge < -0.3 is 4.90 Å². The quantitative estimate of drug-likeness (QED) is 0.785. The summed E-state index contributed by atoms with van der Waals surface area (Å²) < 4.78 is 0. The minimum absolute atomic E-state index is 0.0613. The molecule has 2 unspecified atom stereocenters. The fourth-order valence-corrected chi connectivity index (χ4v) is 3.00. The number of carbonyl (C=O) groups is 1. The number of aromatic nitrogens is 2. The van der Waals surface area contributed by atoms with E-state index in [0.717, 1.165) is 12.3 Å². The number of nitrogens with zero attached hydrogens (tertiary/aromatic N) is 3. The first-order valence-corrected chi connectivity index (χ1v) is 6.94. The highest BCUT2D eigenvalue weighted by atomic mass is 35.5. The van der Waals surface area contributed by atoms with Crippen LogP contribution in [0.2, 0.25) is 5.15 Å². The second-order valence-electron chi connectivity index (χ2n) is 4.06. The molecule has 0 aliphatic carbocycles.